The number of hydrogen-bond acceptors (Lipinski definition) is 6. The topological polar surface area (TPSA) is 128 Å². The van der Waals surface area contributed by atoms with E-state index in [0.717, 1.165) is 42.6 Å². The maximum Gasteiger partial charge on any atom is 0.430 e. The van der Waals surface area contributed by atoms with E-state index in [1.807, 2.05) is 66.7 Å². The van der Waals surface area contributed by atoms with Crippen molar-refractivity contribution < 1.29 is 47.0 Å². The highest BCUT2D eigenvalue weighted by Crippen LogP contribution is 2.38. The number of rotatable bonds is 8. The first-order valence-electron chi connectivity index (χ1n) is 14.2. The molecule has 3 aromatic rings. The molecule has 3 fully saturated rings. The molecule has 3 aliphatic heterocycles. The number of carboxylic acid groups (broad SMARTS) is 1. The molecule has 3 N–H and O–H groups in total. The molecule has 6 rings (SSSR count). The number of esters is 1. The number of para-hydroxylation sites is 1. The van der Waals surface area contributed by atoms with Gasteiger partial charge in [0.2, 0.25) is 5.60 Å². The SMILES string of the molecule is O=C(NCC[N+]12CCC(CC1)[C@@H](OC(=O)C(O)(c1ccccc1)c1ccccc1)C2)Nc1ccccc1.O=C([O-])C(F)(F)F. The van der Waals surface area contributed by atoms with Crippen LogP contribution in [-0.2, 0) is 19.9 Å². The number of aliphatic carboxylic acids is 1. The number of benzene rings is 3. The largest absolute Gasteiger partial charge is 0.542 e. The van der Waals surface area contributed by atoms with Crippen molar-refractivity contribution in [3.8, 4) is 0 Å². The number of nitrogens with zero attached hydrogens (tertiary/aromatic N) is 1. The Morgan fingerprint density at radius 3 is 1.82 bits per heavy atom. The van der Waals surface area contributed by atoms with Gasteiger partial charge in [-0.1, -0.05) is 78.9 Å². The van der Waals surface area contributed by atoms with Crippen molar-refractivity contribution in [3.63, 3.8) is 0 Å². The third-order valence-corrected chi connectivity index (χ3v) is 8.11. The molecule has 9 nitrogen and oxygen atoms in total. The fraction of sp³-hybridized carbons (Fsp3) is 0.344. The molecule has 0 unspecified atom stereocenters. The van der Waals surface area contributed by atoms with Gasteiger partial charge in [0.25, 0.3) is 0 Å². The van der Waals surface area contributed by atoms with Crippen molar-refractivity contribution >= 4 is 23.7 Å². The van der Waals surface area contributed by atoms with Crippen LogP contribution in [0.1, 0.15) is 24.0 Å². The maximum absolute atomic E-state index is 13.6. The lowest BCUT2D eigenvalue weighted by atomic mass is 9.82. The predicted octanol–water partition coefficient (Wildman–Crippen LogP) is 3.20. The minimum atomic E-state index is -5.19. The van der Waals surface area contributed by atoms with E-state index < -0.39 is 23.7 Å². The summed E-state index contributed by atoms with van der Waals surface area (Å²) < 4.78 is 38.5. The molecule has 1 atom stereocenters. The molecule has 0 radical (unpaired) electrons. The summed E-state index contributed by atoms with van der Waals surface area (Å²) in [5, 5.41) is 26.4. The molecular formula is C32H34F3N3O6. The van der Waals surface area contributed by atoms with Crippen LogP contribution >= 0.6 is 0 Å². The van der Waals surface area contributed by atoms with Gasteiger partial charge in [-0.2, -0.15) is 13.2 Å². The second-order valence-electron chi connectivity index (χ2n) is 11.0. The second kappa shape index (κ2) is 13.9. The number of alkyl halides is 3. The molecule has 44 heavy (non-hydrogen) atoms. The van der Waals surface area contributed by atoms with Crippen molar-refractivity contribution in [1.82, 2.24) is 5.32 Å². The lowest BCUT2D eigenvalue weighted by molar-refractivity contribution is -0.945. The Labute approximate surface area is 252 Å². The highest BCUT2D eigenvalue weighted by Gasteiger charge is 2.50. The number of aliphatic hydroxyl groups is 1. The highest BCUT2D eigenvalue weighted by atomic mass is 19.4. The van der Waals surface area contributed by atoms with Crippen molar-refractivity contribution in [1.29, 1.82) is 0 Å². The van der Waals surface area contributed by atoms with Gasteiger partial charge in [-0.15, -0.1) is 0 Å². The zero-order chi connectivity index (χ0) is 31.8. The first kappa shape index (κ1) is 32.5. The fourth-order valence-electron chi connectivity index (χ4n) is 5.76. The zero-order valence-electron chi connectivity index (χ0n) is 23.8. The number of urea groups is 1. The summed E-state index contributed by atoms with van der Waals surface area (Å²) in [6, 6.07) is 27.1. The van der Waals surface area contributed by atoms with Gasteiger partial charge in [-0.3, -0.25) is 0 Å². The molecule has 0 aromatic heterocycles. The Morgan fingerprint density at radius 2 is 1.34 bits per heavy atom. The minimum absolute atomic E-state index is 0.227. The smallest absolute Gasteiger partial charge is 0.430 e. The quantitative estimate of drug-likeness (QED) is 0.265. The lowest BCUT2D eigenvalue weighted by Gasteiger charge is -2.52. The van der Waals surface area contributed by atoms with E-state index in [2.05, 4.69) is 10.6 Å². The van der Waals surface area contributed by atoms with Gasteiger partial charge < -0.3 is 34.9 Å². The molecular weight excluding hydrogens is 579 g/mol. The van der Waals surface area contributed by atoms with Crippen molar-refractivity contribution in [2.24, 2.45) is 5.92 Å². The van der Waals surface area contributed by atoms with E-state index in [0.29, 0.717) is 24.2 Å². The Morgan fingerprint density at radius 1 is 0.864 bits per heavy atom. The first-order chi connectivity index (χ1) is 20.9. The molecule has 12 heteroatoms. The normalized spacial score (nSPS) is 20.9. The van der Waals surface area contributed by atoms with Crippen LogP contribution < -0.4 is 15.7 Å². The average molecular weight is 614 g/mol. The summed E-state index contributed by atoms with van der Waals surface area (Å²) in [5.74, 6) is -3.36. The van der Waals surface area contributed by atoms with Crippen LogP contribution in [0, 0.1) is 5.92 Å². The van der Waals surface area contributed by atoms with Crippen LogP contribution in [0.2, 0.25) is 0 Å². The third-order valence-electron chi connectivity index (χ3n) is 8.11. The average Bonchev–Trinajstić information content (AvgIpc) is 3.02. The number of nitrogens with one attached hydrogen (secondary N) is 2. The Kier molecular flexibility index (Phi) is 10.3. The van der Waals surface area contributed by atoms with Gasteiger partial charge in [0.15, 0.2) is 6.10 Å². The Hall–Kier alpha value is -4.42. The van der Waals surface area contributed by atoms with Crippen LogP contribution in [0.3, 0.4) is 0 Å². The van der Waals surface area contributed by atoms with Gasteiger partial charge >= 0.3 is 18.2 Å². The number of amides is 2. The Balaban J connectivity index is 0.000000566. The van der Waals surface area contributed by atoms with Crippen molar-refractivity contribution in [2.45, 2.75) is 30.7 Å². The zero-order valence-corrected chi connectivity index (χ0v) is 23.8. The summed E-state index contributed by atoms with van der Waals surface area (Å²) in [6.45, 7) is 4.00. The number of anilines is 1. The van der Waals surface area contributed by atoms with E-state index in [9.17, 15) is 27.9 Å². The van der Waals surface area contributed by atoms with E-state index in [4.69, 9.17) is 14.6 Å². The predicted molar refractivity (Wildman–Crippen MR) is 153 cm³/mol. The van der Waals surface area contributed by atoms with Crippen molar-refractivity contribution in [2.75, 3.05) is 38.0 Å². The number of carboxylic acids is 1. The van der Waals surface area contributed by atoms with E-state index in [-0.39, 0.29) is 18.1 Å². The molecule has 3 aliphatic rings. The van der Waals surface area contributed by atoms with Crippen LogP contribution in [0.15, 0.2) is 91.0 Å². The number of halogens is 3. The summed E-state index contributed by atoms with van der Waals surface area (Å²) in [4.78, 5) is 34.8. The van der Waals surface area contributed by atoms with E-state index >= 15 is 0 Å². The molecule has 3 saturated heterocycles. The highest BCUT2D eigenvalue weighted by molar-refractivity contribution is 5.89. The molecule has 3 heterocycles. The number of ether oxygens (including phenoxy) is 1. The Bertz CT molecular complexity index is 1360. The molecule has 0 spiro atoms. The van der Waals surface area contributed by atoms with Crippen LogP contribution in [0.5, 0.6) is 0 Å². The second-order valence-corrected chi connectivity index (χ2v) is 11.0. The first-order valence-corrected chi connectivity index (χ1v) is 14.2. The summed E-state index contributed by atoms with van der Waals surface area (Å²) in [7, 11) is 0. The monoisotopic (exact) mass is 613 g/mol. The van der Waals surface area contributed by atoms with Crippen LogP contribution in [0.4, 0.5) is 23.7 Å². The van der Waals surface area contributed by atoms with Crippen molar-refractivity contribution in [3.05, 3.63) is 102 Å². The number of quaternary nitrogens is 1. The summed E-state index contributed by atoms with van der Waals surface area (Å²) in [5.41, 5.74) is -0.145. The number of fused-ring (bicyclic) bond motifs is 3. The van der Waals surface area contributed by atoms with Gasteiger partial charge in [0.05, 0.1) is 26.2 Å². The molecule has 3 aromatic carbocycles. The molecule has 0 aliphatic carbocycles. The number of piperidine rings is 3. The lowest BCUT2D eigenvalue weighted by Crippen LogP contribution is -2.66. The molecule has 234 valence electrons. The standard InChI is InChI=1S/C30H33N3O4.C2HF3O2/c34-28(30(36,24-10-4-1-5-11-24)25-12-6-2-7-13-25)37-27-22-33(19-16-23(27)17-20-33)21-18-31-29(35)32-26-14-8-3-9-15-26;3-2(4,5)1(6)7/h1-15,23,27,36H,16-22H2,(H-,31,32,35);(H,6,7)/t23?,27-,33?;/m0./s1. The number of hydrogen-bond donors (Lipinski definition) is 3. The van der Waals surface area contributed by atoms with Gasteiger partial charge in [-0.25, -0.2) is 9.59 Å². The minimum Gasteiger partial charge on any atom is -0.542 e. The van der Waals surface area contributed by atoms with Gasteiger partial charge in [0.1, 0.15) is 12.5 Å². The van der Waals surface area contributed by atoms with Gasteiger partial charge in [0, 0.05) is 24.4 Å². The number of carbonyl (C=O) groups is 3. The van der Waals surface area contributed by atoms with Crippen LogP contribution in [0.25, 0.3) is 0 Å². The molecule has 2 amide bonds. The fourth-order valence-corrected chi connectivity index (χ4v) is 5.76. The van der Waals surface area contributed by atoms with Gasteiger partial charge in [-0.05, 0) is 23.3 Å². The van der Waals surface area contributed by atoms with E-state index in [1.54, 1.807) is 24.3 Å². The maximum atomic E-state index is 13.6. The molecule has 0 saturated carbocycles. The van der Waals surface area contributed by atoms with E-state index in [1.165, 1.54) is 0 Å². The summed E-state index contributed by atoms with van der Waals surface area (Å²) >= 11 is 0. The molecule has 2 bridgehead atoms. The third kappa shape index (κ3) is 7.94. The number of carbonyl (C=O) groups excluding carboxylic acids is 3. The van der Waals surface area contributed by atoms with Crippen LogP contribution in [-0.4, -0.2) is 72.6 Å². The summed E-state index contributed by atoms with van der Waals surface area (Å²) in [6.07, 6.45) is -3.54.